The molecule has 2 fully saturated rings. The molecule has 3 heterocycles. The molecular weight excluding hydrogens is 352 g/mol. The molecule has 4 rings (SSSR count). The number of hydrogen-bond donors (Lipinski definition) is 2. The molecule has 1 saturated heterocycles. The summed E-state index contributed by atoms with van der Waals surface area (Å²) in [6, 6.07) is 0. The molecule has 0 bridgehead atoms. The van der Waals surface area contributed by atoms with Gasteiger partial charge in [-0.3, -0.25) is 4.21 Å². The van der Waals surface area contributed by atoms with Gasteiger partial charge in [0.15, 0.2) is 0 Å². The summed E-state index contributed by atoms with van der Waals surface area (Å²) < 4.78 is 17.8. The SMILES string of the molecule is CN(CCC1CCOCC1)c1nc2c(c(NC3(CO)CC3)n1)S(=O)CC2. The molecule has 144 valence electrons. The first kappa shape index (κ1) is 18.1. The molecule has 7 nitrogen and oxygen atoms in total. The van der Waals surface area contributed by atoms with Crippen LogP contribution in [0, 0.1) is 5.92 Å². The summed E-state index contributed by atoms with van der Waals surface area (Å²) >= 11 is 0. The van der Waals surface area contributed by atoms with Crippen LogP contribution in [0.2, 0.25) is 0 Å². The van der Waals surface area contributed by atoms with E-state index < -0.39 is 10.8 Å². The summed E-state index contributed by atoms with van der Waals surface area (Å²) in [5.74, 6) is 2.66. The van der Waals surface area contributed by atoms with Crippen molar-refractivity contribution in [3.05, 3.63) is 5.69 Å². The van der Waals surface area contributed by atoms with Crippen molar-refractivity contribution in [2.24, 2.45) is 5.92 Å². The molecule has 0 aromatic carbocycles. The molecule has 0 spiro atoms. The average molecular weight is 381 g/mol. The first-order valence-electron chi connectivity index (χ1n) is 9.57. The van der Waals surface area contributed by atoms with E-state index in [-0.39, 0.29) is 12.1 Å². The molecule has 1 atom stereocenters. The van der Waals surface area contributed by atoms with Gasteiger partial charge in [-0.15, -0.1) is 0 Å². The van der Waals surface area contributed by atoms with Gasteiger partial charge in [0.2, 0.25) is 5.95 Å². The lowest BCUT2D eigenvalue weighted by molar-refractivity contribution is 0.0645. The summed E-state index contributed by atoms with van der Waals surface area (Å²) in [5, 5.41) is 13.0. The molecule has 2 N–H and O–H groups in total. The Bertz CT molecular complexity index is 689. The maximum atomic E-state index is 12.4. The predicted molar refractivity (Wildman–Crippen MR) is 101 cm³/mol. The zero-order valence-electron chi connectivity index (χ0n) is 15.4. The van der Waals surface area contributed by atoms with Crippen LogP contribution in [0.25, 0.3) is 0 Å². The number of nitrogens with zero attached hydrogens (tertiary/aromatic N) is 3. The normalized spacial score (nSPS) is 24.3. The number of anilines is 2. The van der Waals surface area contributed by atoms with Crippen molar-refractivity contribution in [3.8, 4) is 0 Å². The molecule has 0 radical (unpaired) electrons. The van der Waals surface area contributed by atoms with Crippen molar-refractivity contribution < 1.29 is 14.1 Å². The number of ether oxygens (including phenoxy) is 1. The Morgan fingerprint density at radius 3 is 2.81 bits per heavy atom. The van der Waals surface area contributed by atoms with Gasteiger partial charge in [-0.2, -0.15) is 4.98 Å². The van der Waals surface area contributed by atoms with Crippen LogP contribution in [0.15, 0.2) is 4.90 Å². The fourth-order valence-electron chi connectivity index (χ4n) is 3.68. The highest BCUT2D eigenvalue weighted by Crippen LogP contribution is 2.40. The average Bonchev–Trinajstić information content (AvgIpc) is 3.34. The van der Waals surface area contributed by atoms with Gasteiger partial charge in [0, 0.05) is 39.0 Å². The van der Waals surface area contributed by atoms with Crippen molar-refractivity contribution >= 4 is 22.6 Å². The fourth-order valence-corrected chi connectivity index (χ4v) is 4.98. The van der Waals surface area contributed by atoms with Crippen LogP contribution in [-0.4, -0.2) is 64.0 Å². The van der Waals surface area contributed by atoms with Gasteiger partial charge >= 0.3 is 0 Å². The third kappa shape index (κ3) is 3.73. The van der Waals surface area contributed by atoms with Crippen LogP contribution in [0.1, 0.15) is 37.8 Å². The minimum Gasteiger partial charge on any atom is -0.394 e. The Morgan fingerprint density at radius 1 is 1.35 bits per heavy atom. The first-order chi connectivity index (χ1) is 12.6. The smallest absolute Gasteiger partial charge is 0.227 e. The predicted octanol–water partition coefficient (Wildman–Crippen LogP) is 1.33. The van der Waals surface area contributed by atoms with Crippen molar-refractivity contribution in [1.82, 2.24) is 9.97 Å². The molecule has 26 heavy (non-hydrogen) atoms. The van der Waals surface area contributed by atoms with Crippen LogP contribution >= 0.6 is 0 Å². The number of aliphatic hydroxyl groups excluding tert-OH is 1. The highest BCUT2D eigenvalue weighted by Gasteiger charge is 2.43. The lowest BCUT2D eigenvalue weighted by Crippen LogP contribution is -2.29. The maximum Gasteiger partial charge on any atom is 0.227 e. The molecule has 1 aromatic heterocycles. The van der Waals surface area contributed by atoms with Gasteiger partial charge in [-0.1, -0.05) is 0 Å². The first-order valence-corrected chi connectivity index (χ1v) is 10.9. The lowest BCUT2D eigenvalue weighted by Gasteiger charge is -2.25. The van der Waals surface area contributed by atoms with E-state index in [0.29, 0.717) is 23.4 Å². The van der Waals surface area contributed by atoms with Gasteiger partial charge in [0.05, 0.1) is 28.6 Å². The summed E-state index contributed by atoms with van der Waals surface area (Å²) in [5.41, 5.74) is 0.606. The van der Waals surface area contributed by atoms with Crippen LogP contribution in [0.3, 0.4) is 0 Å². The van der Waals surface area contributed by atoms with Gasteiger partial charge < -0.3 is 20.1 Å². The molecule has 1 saturated carbocycles. The summed E-state index contributed by atoms with van der Waals surface area (Å²) in [4.78, 5) is 12.2. The number of nitrogens with one attached hydrogen (secondary N) is 1. The quantitative estimate of drug-likeness (QED) is 0.738. The van der Waals surface area contributed by atoms with Crippen LogP contribution in [-0.2, 0) is 22.0 Å². The Hall–Kier alpha value is -1.25. The van der Waals surface area contributed by atoms with Crippen molar-refractivity contribution in [1.29, 1.82) is 0 Å². The van der Waals surface area contributed by atoms with E-state index >= 15 is 0 Å². The van der Waals surface area contributed by atoms with Gasteiger partial charge in [0.25, 0.3) is 0 Å². The number of fused-ring (bicyclic) bond motifs is 1. The highest BCUT2D eigenvalue weighted by atomic mass is 32.2. The highest BCUT2D eigenvalue weighted by molar-refractivity contribution is 7.85. The van der Waals surface area contributed by atoms with E-state index in [2.05, 4.69) is 10.2 Å². The van der Waals surface area contributed by atoms with E-state index in [1.807, 2.05) is 7.05 Å². The van der Waals surface area contributed by atoms with Crippen LogP contribution in [0.5, 0.6) is 0 Å². The van der Waals surface area contributed by atoms with Gasteiger partial charge in [-0.25, -0.2) is 4.98 Å². The molecular formula is C18H28N4O3S. The molecule has 1 aliphatic carbocycles. The monoisotopic (exact) mass is 380 g/mol. The maximum absolute atomic E-state index is 12.4. The third-order valence-electron chi connectivity index (χ3n) is 5.77. The van der Waals surface area contributed by atoms with E-state index in [4.69, 9.17) is 14.7 Å². The molecule has 0 amide bonds. The Kier molecular flexibility index (Phi) is 5.16. The number of aliphatic hydroxyl groups is 1. The topological polar surface area (TPSA) is 87.6 Å². The third-order valence-corrected chi connectivity index (χ3v) is 7.23. The zero-order chi connectivity index (χ0) is 18.1. The summed E-state index contributed by atoms with van der Waals surface area (Å²) in [6.45, 7) is 2.71. The van der Waals surface area contributed by atoms with Crippen molar-refractivity contribution in [2.45, 2.75) is 49.0 Å². The minimum atomic E-state index is -1.05. The van der Waals surface area contributed by atoms with Gasteiger partial charge in [-0.05, 0) is 38.0 Å². The molecule has 2 aliphatic heterocycles. The van der Waals surface area contributed by atoms with E-state index in [9.17, 15) is 9.32 Å². The van der Waals surface area contributed by atoms with E-state index in [1.54, 1.807) is 0 Å². The number of aromatic nitrogens is 2. The number of hydrogen-bond acceptors (Lipinski definition) is 7. The second-order valence-electron chi connectivity index (χ2n) is 7.78. The van der Waals surface area contributed by atoms with Crippen molar-refractivity contribution in [3.63, 3.8) is 0 Å². The second kappa shape index (κ2) is 7.40. The largest absolute Gasteiger partial charge is 0.394 e. The molecule has 3 aliphatic rings. The lowest BCUT2D eigenvalue weighted by atomic mass is 9.96. The van der Waals surface area contributed by atoms with Crippen LogP contribution in [0.4, 0.5) is 11.8 Å². The van der Waals surface area contributed by atoms with E-state index in [0.717, 1.165) is 68.9 Å². The number of aryl methyl sites for hydroxylation is 1. The molecule has 1 unspecified atom stereocenters. The van der Waals surface area contributed by atoms with E-state index in [1.165, 1.54) is 0 Å². The molecule has 1 aromatic rings. The Labute approximate surface area is 157 Å². The standard InChI is InChI=1S/C18H28N4O3S/c1-22(8-2-13-3-9-25-10-4-13)17-19-14-5-11-26(24)15(14)16(20-17)21-18(12-23)6-7-18/h13,23H,2-12H2,1H3,(H,19,20,21). The minimum absolute atomic E-state index is 0.0767. The summed E-state index contributed by atoms with van der Waals surface area (Å²) in [6.07, 6.45) is 5.93. The summed E-state index contributed by atoms with van der Waals surface area (Å²) in [7, 11) is 0.975. The fraction of sp³-hybridized carbons (Fsp3) is 0.778. The Morgan fingerprint density at radius 2 is 2.12 bits per heavy atom. The molecule has 8 heteroatoms. The second-order valence-corrected chi connectivity index (χ2v) is 9.28. The zero-order valence-corrected chi connectivity index (χ0v) is 16.2. The van der Waals surface area contributed by atoms with Gasteiger partial charge in [0.1, 0.15) is 10.7 Å². The number of rotatable bonds is 7. The van der Waals surface area contributed by atoms with Crippen LogP contribution < -0.4 is 10.2 Å². The Balaban J connectivity index is 1.51. The van der Waals surface area contributed by atoms with Crippen molar-refractivity contribution in [2.75, 3.05) is 49.4 Å².